The highest BCUT2D eigenvalue weighted by Gasteiger charge is 2.30. The van der Waals surface area contributed by atoms with Crippen molar-refractivity contribution in [2.24, 2.45) is 11.8 Å². The van der Waals surface area contributed by atoms with E-state index in [0.717, 1.165) is 13.0 Å². The van der Waals surface area contributed by atoms with Gasteiger partial charge in [0.15, 0.2) is 5.82 Å². The predicted molar refractivity (Wildman–Crippen MR) is 70.9 cm³/mol. The number of amides is 2. The van der Waals surface area contributed by atoms with Crippen LogP contribution in [0.3, 0.4) is 0 Å². The molecule has 1 aromatic heterocycles. The highest BCUT2D eigenvalue weighted by Crippen LogP contribution is 2.26. The first-order valence-electron chi connectivity index (χ1n) is 6.66. The van der Waals surface area contributed by atoms with Gasteiger partial charge in [-0.15, -0.1) is 0 Å². The van der Waals surface area contributed by atoms with E-state index in [2.05, 4.69) is 29.6 Å². The van der Waals surface area contributed by atoms with E-state index in [4.69, 9.17) is 9.26 Å². The molecule has 2 N–H and O–H groups in total. The van der Waals surface area contributed by atoms with Crippen LogP contribution < -0.4 is 10.6 Å². The van der Waals surface area contributed by atoms with E-state index in [-0.39, 0.29) is 12.1 Å². The molecule has 0 bridgehead atoms. The zero-order valence-corrected chi connectivity index (χ0v) is 11.6. The summed E-state index contributed by atoms with van der Waals surface area (Å²) >= 11 is 0. The summed E-state index contributed by atoms with van der Waals surface area (Å²) in [5, 5.41) is 9.20. The molecule has 2 amide bonds. The second-order valence-corrected chi connectivity index (χ2v) is 5.29. The molecule has 1 aliphatic rings. The summed E-state index contributed by atoms with van der Waals surface area (Å²) in [7, 11) is 0. The van der Waals surface area contributed by atoms with E-state index in [1.165, 1.54) is 0 Å². The number of nitrogens with one attached hydrogen (secondary N) is 2. The molecule has 1 aliphatic heterocycles. The minimum absolute atomic E-state index is 0.231. The third-order valence-electron chi connectivity index (χ3n) is 3.31. The van der Waals surface area contributed by atoms with Crippen LogP contribution in [0.2, 0.25) is 0 Å². The number of anilines is 1. The predicted octanol–water partition coefficient (Wildman–Crippen LogP) is 2.17. The van der Waals surface area contributed by atoms with Crippen molar-refractivity contribution in [3.63, 3.8) is 0 Å². The van der Waals surface area contributed by atoms with Crippen LogP contribution in [0.25, 0.3) is 0 Å². The Balaban J connectivity index is 1.77. The van der Waals surface area contributed by atoms with Gasteiger partial charge in [0.2, 0.25) is 0 Å². The lowest BCUT2D eigenvalue weighted by Crippen LogP contribution is -2.37. The molecule has 1 aromatic rings. The van der Waals surface area contributed by atoms with Gasteiger partial charge in [0.1, 0.15) is 5.76 Å². The molecule has 1 fully saturated rings. The lowest BCUT2D eigenvalue weighted by Gasteiger charge is -2.22. The van der Waals surface area contributed by atoms with Crippen LogP contribution in [0.4, 0.5) is 10.6 Å². The van der Waals surface area contributed by atoms with Crippen LogP contribution in [0.1, 0.15) is 26.0 Å². The van der Waals surface area contributed by atoms with Crippen LogP contribution in [0, 0.1) is 18.8 Å². The fraction of sp³-hybridized carbons (Fsp3) is 0.692. The van der Waals surface area contributed by atoms with Gasteiger partial charge < -0.3 is 14.6 Å². The van der Waals surface area contributed by atoms with E-state index in [9.17, 15) is 4.79 Å². The number of aromatic nitrogens is 1. The van der Waals surface area contributed by atoms with Crippen molar-refractivity contribution in [3.8, 4) is 0 Å². The number of rotatable bonds is 4. The second kappa shape index (κ2) is 6.06. The van der Waals surface area contributed by atoms with Gasteiger partial charge in [-0.05, 0) is 19.3 Å². The molecule has 1 saturated heterocycles. The third-order valence-corrected chi connectivity index (χ3v) is 3.31. The number of nitrogens with zero attached hydrogens (tertiary/aromatic N) is 1. The Morgan fingerprint density at radius 2 is 2.37 bits per heavy atom. The molecule has 0 aliphatic carbocycles. The van der Waals surface area contributed by atoms with Crippen LogP contribution in [-0.4, -0.2) is 30.4 Å². The lowest BCUT2D eigenvalue weighted by molar-refractivity contribution is 0.0546. The van der Waals surface area contributed by atoms with Gasteiger partial charge in [0, 0.05) is 25.1 Å². The van der Waals surface area contributed by atoms with Gasteiger partial charge in [-0.2, -0.15) is 0 Å². The maximum Gasteiger partial charge on any atom is 0.320 e. The van der Waals surface area contributed by atoms with Crippen molar-refractivity contribution < 1.29 is 14.1 Å². The molecule has 2 heterocycles. The number of hydrogen-bond donors (Lipinski definition) is 2. The molecule has 0 spiro atoms. The number of carbonyl (C=O) groups excluding carboxylic acids is 1. The average Bonchev–Trinajstić information content (AvgIpc) is 2.95. The van der Waals surface area contributed by atoms with Crippen LogP contribution in [-0.2, 0) is 4.74 Å². The Labute approximate surface area is 112 Å². The van der Waals surface area contributed by atoms with E-state index in [1.54, 1.807) is 13.0 Å². The quantitative estimate of drug-likeness (QED) is 0.876. The van der Waals surface area contributed by atoms with Crippen molar-refractivity contribution in [3.05, 3.63) is 11.8 Å². The van der Waals surface area contributed by atoms with E-state index >= 15 is 0 Å². The summed E-state index contributed by atoms with van der Waals surface area (Å²) in [4.78, 5) is 11.7. The number of urea groups is 1. The Bertz CT molecular complexity index is 431. The van der Waals surface area contributed by atoms with Gasteiger partial charge in [-0.3, -0.25) is 5.32 Å². The molecule has 6 nitrogen and oxygen atoms in total. The molecule has 19 heavy (non-hydrogen) atoms. The second-order valence-electron chi connectivity index (χ2n) is 5.29. The molecule has 0 radical (unpaired) electrons. The molecular weight excluding hydrogens is 246 g/mol. The molecule has 2 atom stereocenters. The maximum atomic E-state index is 11.7. The van der Waals surface area contributed by atoms with E-state index < -0.39 is 0 Å². The van der Waals surface area contributed by atoms with Gasteiger partial charge in [-0.25, -0.2) is 4.79 Å². The van der Waals surface area contributed by atoms with Crippen molar-refractivity contribution >= 4 is 11.8 Å². The molecule has 6 heteroatoms. The summed E-state index contributed by atoms with van der Waals surface area (Å²) in [6, 6.07) is 1.41. The fourth-order valence-corrected chi connectivity index (χ4v) is 2.42. The average molecular weight is 267 g/mol. The summed E-state index contributed by atoms with van der Waals surface area (Å²) in [5.41, 5.74) is 0. The molecular formula is C13H21N3O3. The SMILES string of the molecule is Cc1cc(NC(=O)NC[C@H]2CCO[C@@H]2C(C)C)no1. The highest BCUT2D eigenvalue weighted by atomic mass is 16.5. The molecule has 2 rings (SSSR count). The van der Waals surface area contributed by atoms with Crippen LogP contribution in [0.5, 0.6) is 0 Å². The summed E-state index contributed by atoms with van der Waals surface area (Å²) < 4.78 is 10.6. The highest BCUT2D eigenvalue weighted by molar-refractivity contribution is 5.88. The Kier molecular flexibility index (Phi) is 4.42. The van der Waals surface area contributed by atoms with Crippen LogP contribution >= 0.6 is 0 Å². The maximum absolute atomic E-state index is 11.7. The first-order valence-corrected chi connectivity index (χ1v) is 6.66. The number of ether oxygens (including phenoxy) is 1. The van der Waals surface area contributed by atoms with E-state index in [0.29, 0.717) is 30.0 Å². The van der Waals surface area contributed by atoms with Gasteiger partial charge in [0.05, 0.1) is 6.10 Å². The molecule has 106 valence electrons. The Morgan fingerprint density at radius 3 is 3.00 bits per heavy atom. The first-order chi connectivity index (χ1) is 9.06. The summed E-state index contributed by atoms with van der Waals surface area (Å²) in [6.07, 6.45) is 1.22. The number of carbonyl (C=O) groups is 1. The zero-order valence-electron chi connectivity index (χ0n) is 11.6. The Hall–Kier alpha value is -1.56. The minimum atomic E-state index is -0.261. The monoisotopic (exact) mass is 267 g/mol. The number of aryl methyl sites for hydroxylation is 1. The zero-order chi connectivity index (χ0) is 13.8. The van der Waals surface area contributed by atoms with Gasteiger partial charge >= 0.3 is 6.03 Å². The largest absolute Gasteiger partial charge is 0.378 e. The van der Waals surface area contributed by atoms with Crippen molar-refractivity contribution in [2.75, 3.05) is 18.5 Å². The van der Waals surface area contributed by atoms with Crippen LogP contribution in [0.15, 0.2) is 10.6 Å². The van der Waals surface area contributed by atoms with E-state index in [1.807, 2.05) is 0 Å². The fourth-order valence-electron chi connectivity index (χ4n) is 2.42. The standard InChI is InChI=1S/C13H21N3O3/c1-8(2)12-10(4-5-18-12)7-14-13(17)15-11-6-9(3)19-16-11/h6,8,10,12H,4-5,7H2,1-3H3,(H2,14,15,16,17)/t10-,12-/m1/s1. The van der Waals surface area contributed by atoms with Gasteiger partial charge in [-0.1, -0.05) is 19.0 Å². The molecule has 0 aromatic carbocycles. The van der Waals surface area contributed by atoms with Crippen molar-refractivity contribution in [1.29, 1.82) is 0 Å². The first kappa shape index (κ1) is 13.9. The smallest absolute Gasteiger partial charge is 0.320 e. The molecule has 0 unspecified atom stereocenters. The third kappa shape index (κ3) is 3.70. The lowest BCUT2D eigenvalue weighted by atomic mass is 9.93. The Morgan fingerprint density at radius 1 is 1.58 bits per heavy atom. The van der Waals surface area contributed by atoms with Crippen molar-refractivity contribution in [2.45, 2.75) is 33.3 Å². The molecule has 0 saturated carbocycles. The van der Waals surface area contributed by atoms with Crippen molar-refractivity contribution in [1.82, 2.24) is 10.5 Å². The van der Waals surface area contributed by atoms with Gasteiger partial charge in [0.25, 0.3) is 0 Å². The normalized spacial score (nSPS) is 22.7. The minimum Gasteiger partial charge on any atom is -0.378 e. The summed E-state index contributed by atoms with van der Waals surface area (Å²) in [5.74, 6) is 1.94. The topological polar surface area (TPSA) is 76.4 Å². The number of hydrogen-bond acceptors (Lipinski definition) is 4. The summed E-state index contributed by atoms with van der Waals surface area (Å²) in [6.45, 7) is 7.45.